The van der Waals surface area contributed by atoms with Crippen LogP contribution in [0.2, 0.25) is 5.02 Å². The van der Waals surface area contributed by atoms with Crippen molar-refractivity contribution >= 4 is 45.2 Å². The van der Waals surface area contributed by atoms with Gasteiger partial charge in [-0.3, -0.25) is 13.9 Å². The average Bonchev–Trinajstić information content (AvgIpc) is 2.76. The summed E-state index contributed by atoms with van der Waals surface area (Å²) in [6.07, 6.45) is 2.29. The van der Waals surface area contributed by atoms with E-state index in [0.29, 0.717) is 16.5 Å². The monoisotopic (exact) mass is 480 g/mol. The highest BCUT2D eigenvalue weighted by molar-refractivity contribution is 8.24. The highest BCUT2D eigenvalue weighted by Crippen LogP contribution is 2.46. The Hall–Kier alpha value is -1.93. The largest absolute Gasteiger partial charge is 0.481 e. The zero-order valence-corrected chi connectivity index (χ0v) is 20.2. The number of benzene rings is 2. The van der Waals surface area contributed by atoms with E-state index < -0.39 is 16.6 Å². The van der Waals surface area contributed by atoms with E-state index in [-0.39, 0.29) is 18.4 Å². The first-order valence-electron chi connectivity index (χ1n) is 11.1. The van der Waals surface area contributed by atoms with Crippen molar-refractivity contribution in [3.8, 4) is 0 Å². The van der Waals surface area contributed by atoms with Gasteiger partial charge < -0.3 is 15.3 Å². The second-order valence-electron chi connectivity index (χ2n) is 8.34. The minimum absolute atomic E-state index is 0.0648. The lowest BCUT2D eigenvalue weighted by Crippen LogP contribution is -2.40. The summed E-state index contributed by atoms with van der Waals surface area (Å²) < 4.78 is 20.1. The molecule has 2 aromatic rings. The summed E-state index contributed by atoms with van der Waals surface area (Å²) in [4.78, 5) is 13.7. The van der Waals surface area contributed by atoms with Gasteiger partial charge in [-0.1, -0.05) is 24.6 Å². The van der Waals surface area contributed by atoms with E-state index in [4.69, 9.17) is 11.6 Å². The van der Waals surface area contributed by atoms with Crippen molar-refractivity contribution < 1.29 is 19.0 Å². The first-order chi connectivity index (χ1) is 15.2. The van der Waals surface area contributed by atoms with Crippen molar-refractivity contribution in [2.75, 3.05) is 28.3 Å². The number of hydrogen-bond donors (Lipinski definition) is 4. The van der Waals surface area contributed by atoms with E-state index in [1.165, 1.54) is 0 Å². The number of nitrogens with zero attached hydrogens (tertiary/aromatic N) is 1. The second-order valence-corrected chi connectivity index (χ2v) is 11.2. The fraction of sp³-hybridized carbons (Fsp3) is 0.458. The molecule has 1 aliphatic rings. The van der Waals surface area contributed by atoms with Crippen LogP contribution in [0, 0.1) is 0 Å². The number of anilines is 3. The highest BCUT2D eigenvalue weighted by Gasteiger charge is 2.29. The van der Waals surface area contributed by atoms with Gasteiger partial charge in [0.15, 0.2) is 0 Å². The van der Waals surface area contributed by atoms with Gasteiger partial charge in [0.1, 0.15) is 0 Å². The number of hydrogen-bond acceptors (Lipinski definition) is 5. The third kappa shape index (κ3) is 6.32. The molecule has 0 aromatic heterocycles. The molecule has 32 heavy (non-hydrogen) atoms. The van der Waals surface area contributed by atoms with Gasteiger partial charge >= 0.3 is 5.97 Å². The van der Waals surface area contributed by atoms with Crippen LogP contribution in [-0.2, 0) is 4.79 Å². The molecule has 1 heterocycles. The van der Waals surface area contributed by atoms with Crippen LogP contribution in [-0.4, -0.2) is 44.3 Å². The Morgan fingerprint density at radius 2 is 1.81 bits per heavy atom. The number of halogens is 1. The van der Waals surface area contributed by atoms with Gasteiger partial charge in [0.25, 0.3) is 0 Å². The zero-order chi connectivity index (χ0) is 23.3. The van der Waals surface area contributed by atoms with Crippen LogP contribution in [0.4, 0.5) is 17.1 Å². The molecule has 0 aliphatic carbocycles. The molecule has 2 aromatic carbocycles. The van der Waals surface area contributed by atoms with Crippen molar-refractivity contribution in [2.24, 2.45) is 0 Å². The van der Waals surface area contributed by atoms with E-state index in [1.54, 1.807) is 0 Å². The first kappa shape index (κ1) is 24.7. The van der Waals surface area contributed by atoms with E-state index in [1.807, 2.05) is 37.3 Å². The lowest BCUT2D eigenvalue weighted by Gasteiger charge is -2.44. The van der Waals surface area contributed by atoms with Gasteiger partial charge in [-0.05, 0) is 74.1 Å². The number of carboxylic acids is 1. The van der Waals surface area contributed by atoms with Crippen LogP contribution in [0.5, 0.6) is 0 Å². The third-order valence-electron chi connectivity index (χ3n) is 6.18. The fourth-order valence-corrected chi connectivity index (χ4v) is 6.02. The molecule has 8 heteroatoms. The average molecular weight is 481 g/mol. The second kappa shape index (κ2) is 10.8. The number of carbonyl (C=O) groups is 1. The van der Waals surface area contributed by atoms with Crippen molar-refractivity contribution in [1.29, 1.82) is 0 Å². The minimum Gasteiger partial charge on any atom is -0.481 e. The molecule has 6 nitrogen and oxygen atoms in total. The smallest absolute Gasteiger partial charge is 0.303 e. The SMILES string of the molecule is CCC(CC(=O)O)c1ccc(N(CC)C2CCS(O)(O)CC2)c(Nc2ccc(Cl)cc2)c1. The van der Waals surface area contributed by atoms with Crippen LogP contribution < -0.4 is 10.2 Å². The van der Waals surface area contributed by atoms with Gasteiger partial charge in [-0.2, -0.15) is 10.6 Å². The topological polar surface area (TPSA) is 93.0 Å². The lowest BCUT2D eigenvalue weighted by molar-refractivity contribution is -0.137. The summed E-state index contributed by atoms with van der Waals surface area (Å²) in [5.74, 6) is 0.000378. The Bertz CT molecular complexity index is 913. The van der Waals surface area contributed by atoms with Gasteiger partial charge in [0.2, 0.25) is 0 Å². The summed E-state index contributed by atoms with van der Waals surface area (Å²) in [5.41, 5.74) is 3.82. The predicted octanol–water partition coefficient (Wildman–Crippen LogP) is 6.79. The molecule has 1 saturated heterocycles. The molecular formula is C24H33ClN2O4S. The molecular weight excluding hydrogens is 448 g/mol. The van der Waals surface area contributed by atoms with E-state index in [2.05, 4.69) is 29.3 Å². The van der Waals surface area contributed by atoms with Crippen LogP contribution in [0.25, 0.3) is 0 Å². The predicted molar refractivity (Wildman–Crippen MR) is 135 cm³/mol. The molecule has 0 spiro atoms. The first-order valence-corrected chi connectivity index (χ1v) is 13.4. The highest BCUT2D eigenvalue weighted by atomic mass is 35.5. The van der Waals surface area contributed by atoms with Crippen LogP contribution >= 0.6 is 22.2 Å². The molecule has 4 N–H and O–H groups in total. The van der Waals surface area contributed by atoms with E-state index >= 15 is 0 Å². The van der Waals surface area contributed by atoms with Crippen molar-refractivity contribution in [1.82, 2.24) is 0 Å². The number of nitrogens with one attached hydrogen (secondary N) is 1. The van der Waals surface area contributed by atoms with Crippen LogP contribution in [0.3, 0.4) is 0 Å². The summed E-state index contributed by atoms with van der Waals surface area (Å²) in [5, 5.41) is 13.5. The maximum Gasteiger partial charge on any atom is 0.303 e. The van der Waals surface area contributed by atoms with Crippen molar-refractivity contribution in [2.45, 2.75) is 51.5 Å². The maximum absolute atomic E-state index is 11.4. The normalized spacial score (nSPS) is 18.0. The molecule has 0 radical (unpaired) electrons. The summed E-state index contributed by atoms with van der Waals surface area (Å²) >= 11 is 6.05. The standard InChI is InChI=1S/C24H33ClN2O4S/c1-3-17(16-24(28)29)18-5-10-23(22(15-18)26-20-8-6-19(25)7-9-20)27(4-2)21-11-13-32(30,31)14-12-21/h5-10,15,17,21,26,30-31H,3-4,11-14,16H2,1-2H3,(H,28,29). The molecule has 1 atom stereocenters. The molecule has 1 aliphatic heterocycles. The third-order valence-corrected chi connectivity index (χ3v) is 8.21. The lowest BCUT2D eigenvalue weighted by atomic mass is 9.92. The van der Waals surface area contributed by atoms with Gasteiger partial charge in [0.05, 0.1) is 17.8 Å². The Morgan fingerprint density at radius 1 is 1.16 bits per heavy atom. The van der Waals surface area contributed by atoms with Crippen LogP contribution in [0.15, 0.2) is 42.5 Å². The number of rotatable bonds is 9. The molecule has 0 saturated carbocycles. The minimum atomic E-state index is -2.45. The van der Waals surface area contributed by atoms with Gasteiger partial charge in [-0.25, -0.2) is 0 Å². The molecule has 1 fully saturated rings. The van der Waals surface area contributed by atoms with E-state index in [0.717, 1.165) is 48.4 Å². The summed E-state index contributed by atoms with van der Waals surface area (Å²) in [6.45, 7) is 4.89. The Morgan fingerprint density at radius 3 is 2.38 bits per heavy atom. The Kier molecular flexibility index (Phi) is 8.33. The molecule has 0 bridgehead atoms. The summed E-state index contributed by atoms with van der Waals surface area (Å²) in [6, 6.07) is 13.9. The molecule has 0 amide bonds. The zero-order valence-electron chi connectivity index (χ0n) is 18.6. The van der Waals surface area contributed by atoms with Gasteiger partial charge in [0, 0.05) is 34.8 Å². The molecule has 176 valence electrons. The van der Waals surface area contributed by atoms with E-state index in [9.17, 15) is 19.0 Å². The molecule has 3 rings (SSSR count). The molecule has 1 unspecified atom stereocenters. The quantitative estimate of drug-likeness (QED) is 0.315. The Balaban J connectivity index is 1.97. The number of carboxylic acid groups (broad SMARTS) is 1. The van der Waals surface area contributed by atoms with Gasteiger partial charge in [-0.15, -0.1) is 0 Å². The maximum atomic E-state index is 11.4. The number of aliphatic carboxylic acids is 1. The van der Waals surface area contributed by atoms with Crippen molar-refractivity contribution in [3.63, 3.8) is 0 Å². The fourth-order valence-electron chi connectivity index (χ4n) is 4.39. The summed E-state index contributed by atoms with van der Waals surface area (Å²) in [7, 11) is -2.45. The van der Waals surface area contributed by atoms with Crippen molar-refractivity contribution in [3.05, 3.63) is 53.1 Å². The van der Waals surface area contributed by atoms with Crippen LogP contribution in [0.1, 0.15) is 51.0 Å². The Labute approximate surface area is 196 Å².